The van der Waals surface area contributed by atoms with Gasteiger partial charge in [-0.1, -0.05) is 149 Å². The van der Waals surface area contributed by atoms with Gasteiger partial charge in [0.05, 0.1) is 27.7 Å². The first-order chi connectivity index (χ1) is 22.5. The van der Waals surface area contributed by atoms with Crippen LogP contribution in [-0.2, 0) is 32.7 Å². The Bertz CT molecular complexity index is 789. The standard InChI is InChI=1S/C37H74NO8P/c1-6-8-10-12-14-15-16-17-18-19-20-21-22-23-24-26-27-29-36(39)43-33-35(46-37(40)30-28-25-13-11-9-7-2)34-45-47(41,42)44-32-31-38(3,4)5/h35H,6-34H2,1-5H3/p+1/t35-/m1/s1. The van der Waals surface area contributed by atoms with Gasteiger partial charge in [-0.2, -0.15) is 0 Å². The van der Waals surface area contributed by atoms with E-state index in [-0.39, 0.29) is 25.6 Å². The number of nitrogens with zero attached hydrogens (tertiary/aromatic N) is 1. The fourth-order valence-electron chi connectivity index (χ4n) is 5.31. The van der Waals surface area contributed by atoms with E-state index >= 15 is 0 Å². The second kappa shape index (κ2) is 31.0. The predicted molar refractivity (Wildman–Crippen MR) is 192 cm³/mol. The molecule has 1 unspecified atom stereocenters. The number of unbranched alkanes of at least 4 members (excludes halogenated alkanes) is 21. The van der Waals surface area contributed by atoms with Crippen molar-refractivity contribution in [2.24, 2.45) is 0 Å². The van der Waals surface area contributed by atoms with Crippen LogP contribution >= 0.6 is 7.82 Å². The van der Waals surface area contributed by atoms with E-state index in [1.165, 1.54) is 96.3 Å². The van der Waals surface area contributed by atoms with Crippen molar-refractivity contribution in [2.75, 3.05) is 47.5 Å². The number of ether oxygens (including phenoxy) is 2. The summed E-state index contributed by atoms with van der Waals surface area (Å²) in [5, 5.41) is 0. The van der Waals surface area contributed by atoms with Gasteiger partial charge >= 0.3 is 19.8 Å². The second-order valence-electron chi connectivity index (χ2n) is 14.3. The number of phosphoric ester groups is 1. The lowest BCUT2D eigenvalue weighted by Crippen LogP contribution is -2.37. The molecule has 9 nitrogen and oxygen atoms in total. The summed E-state index contributed by atoms with van der Waals surface area (Å²) in [5.74, 6) is -0.800. The minimum atomic E-state index is -4.35. The molecule has 0 aliphatic rings. The zero-order chi connectivity index (χ0) is 35.1. The molecule has 1 N–H and O–H groups in total. The lowest BCUT2D eigenvalue weighted by Gasteiger charge is -2.24. The summed E-state index contributed by atoms with van der Waals surface area (Å²) >= 11 is 0. The van der Waals surface area contributed by atoms with Gasteiger partial charge in [0, 0.05) is 12.8 Å². The van der Waals surface area contributed by atoms with Gasteiger partial charge < -0.3 is 18.9 Å². The molecule has 0 aliphatic heterocycles. The van der Waals surface area contributed by atoms with Crippen LogP contribution in [0.2, 0.25) is 0 Å². The third-order valence-corrected chi connectivity index (χ3v) is 9.37. The molecule has 0 aliphatic carbocycles. The summed E-state index contributed by atoms with van der Waals surface area (Å²) in [5.41, 5.74) is 0. The molecule has 0 aromatic rings. The Kier molecular flexibility index (Phi) is 30.4. The number of carbonyl (C=O) groups excluding carboxylic acids is 2. The Morgan fingerprint density at radius 2 is 0.957 bits per heavy atom. The molecule has 280 valence electrons. The van der Waals surface area contributed by atoms with E-state index in [2.05, 4.69) is 13.8 Å². The van der Waals surface area contributed by atoms with Crippen LogP contribution in [0.5, 0.6) is 0 Å². The zero-order valence-corrected chi connectivity index (χ0v) is 32.2. The summed E-state index contributed by atoms with van der Waals surface area (Å²) in [6, 6.07) is 0. The van der Waals surface area contributed by atoms with Crippen LogP contribution in [0.1, 0.15) is 174 Å². The minimum absolute atomic E-state index is 0.0358. The van der Waals surface area contributed by atoms with Crippen molar-refractivity contribution in [2.45, 2.75) is 180 Å². The van der Waals surface area contributed by atoms with E-state index in [1.54, 1.807) is 0 Å². The molecule has 0 saturated carbocycles. The number of likely N-dealkylation sites (N-methyl/N-ethyl adjacent to an activating group) is 1. The maximum atomic E-state index is 12.5. The van der Waals surface area contributed by atoms with Crippen molar-refractivity contribution in [3.63, 3.8) is 0 Å². The average molecular weight is 693 g/mol. The molecule has 0 rings (SSSR count). The van der Waals surface area contributed by atoms with Crippen LogP contribution in [-0.4, -0.2) is 74.9 Å². The monoisotopic (exact) mass is 693 g/mol. The van der Waals surface area contributed by atoms with Gasteiger partial charge in [-0.3, -0.25) is 18.6 Å². The molecule has 0 aromatic heterocycles. The van der Waals surface area contributed by atoms with E-state index in [4.69, 9.17) is 18.5 Å². The number of phosphoric acid groups is 1. The zero-order valence-electron chi connectivity index (χ0n) is 31.3. The maximum Gasteiger partial charge on any atom is 0.472 e. The minimum Gasteiger partial charge on any atom is -0.462 e. The predicted octanol–water partition coefficient (Wildman–Crippen LogP) is 10.1. The number of quaternary nitrogens is 1. The molecule has 47 heavy (non-hydrogen) atoms. The molecular formula is C37H75NO8P+. The molecular weight excluding hydrogens is 617 g/mol. The first-order valence-electron chi connectivity index (χ1n) is 19.3. The number of esters is 2. The third-order valence-electron chi connectivity index (χ3n) is 8.39. The van der Waals surface area contributed by atoms with E-state index in [0.717, 1.165) is 44.9 Å². The van der Waals surface area contributed by atoms with Crippen LogP contribution < -0.4 is 0 Å². The topological polar surface area (TPSA) is 108 Å². The SMILES string of the molecule is CCCCCCCCCCCCCCCCCCCC(=O)OC[C@H](COP(=O)(O)OCC[N+](C)(C)C)OC(=O)CCCCCCCC. The summed E-state index contributed by atoms with van der Waals surface area (Å²) in [6.45, 7) is 4.36. The van der Waals surface area contributed by atoms with Gasteiger partial charge in [0.1, 0.15) is 19.8 Å². The third kappa shape index (κ3) is 34.7. The van der Waals surface area contributed by atoms with Crippen molar-refractivity contribution in [3.8, 4) is 0 Å². The molecule has 0 amide bonds. The fraction of sp³-hybridized carbons (Fsp3) is 0.946. The van der Waals surface area contributed by atoms with Crippen LogP contribution in [0, 0.1) is 0 Å². The average Bonchev–Trinajstić information content (AvgIpc) is 3.01. The number of hydrogen-bond acceptors (Lipinski definition) is 7. The highest BCUT2D eigenvalue weighted by atomic mass is 31.2. The normalized spacial score (nSPS) is 13.7. The number of rotatable bonds is 35. The number of carbonyl (C=O) groups is 2. The summed E-state index contributed by atoms with van der Waals surface area (Å²) in [4.78, 5) is 34.9. The Hall–Kier alpha value is -0.990. The fourth-order valence-corrected chi connectivity index (χ4v) is 6.05. The molecule has 0 bridgehead atoms. The van der Waals surface area contributed by atoms with Crippen molar-refractivity contribution >= 4 is 19.8 Å². The Balaban J connectivity index is 4.21. The highest BCUT2D eigenvalue weighted by Gasteiger charge is 2.27. The van der Waals surface area contributed by atoms with E-state index in [0.29, 0.717) is 23.9 Å². The Labute approximate surface area is 289 Å². The highest BCUT2D eigenvalue weighted by molar-refractivity contribution is 7.47. The first kappa shape index (κ1) is 46.0. The quantitative estimate of drug-likeness (QED) is 0.0303. The largest absolute Gasteiger partial charge is 0.472 e. The van der Waals surface area contributed by atoms with Crippen molar-refractivity contribution in [1.82, 2.24) is 0 Å². The van der Waals surface area contributed by atoms with E-state index < -0.39 is 26.5 Å². The molecule has 0 radical (unpaired) electrons. The first-order valence-corrected chi connectivity index (χ1v) is 20.8. The van der Waals surface area contributed by atoms with Crippen LogP contribution in [0.3, 0.4) is 0 Å². The number of hydrogen-bond donors (Lipinski definition) is 1. The van der Waals surface area contributed by atoms with Crippen LogP contribution in [0.4, 0.5) is 0 Å². The molecule has 0 spiro atoms. The van der Waals surface area contributed by atoms with Crippen molar-refractivity contribution in [3.05, 3.63) is 0 Å². The van der Waals surface area contributed by atoms with E-state index in [9.17, 15) is 19.0 Å². The summed E-state index contributed by atoms with van der Waals surface area (Å²) < 4.78 is 34.0. The van der Waals surface area contributed by atoms with Crippen molar-refractivity contribution in [1.29, 1.82) is 0 Å². The van der Waals surface area contributed by atoms with Gasteiger partial charge in [-0.05, 0) is 12.8 Å². The summed E-state index contributed by atoms with van der Waals surface area (Å²) in [6.07, 6.45) is 27.5. The smallest absolute Gasteiger partial charge is 0.462 e. The van der Waals surface area contributed by atoms with Crippen LogP contribution in [0.25, 0.3) is 0 Å². The highest BCUT2D eigenvalue weighted by Crippen LogP contribution is 2.43. The molecule has 0 fully saturated rings. The lowest BCUT2D eigenvalue weighted by atomic mass is 10.0. The van der Waals surface area contributed by atoms with Gasteiger partial charge in [0.2, 0.25) is 0 Å². The van der Waals surface area contributed by atoms with Crippen molar-refractivity contribution < 1.29 is 42.1 Å². The van der Waals surface area contributed by atoms with Gasteiger partial charge in [0.15, 0.2) is 6.10 Å². The molecule has 0 saturated heterocycles. The molecule has 0 heterocycles. The van der Waals surface area contributed by atoms with Gasteiger partial charge in [-0.15, -0.1) is 0 Å². The Morgan fingerprint density at radius 3 is 1.36 bits per heavy atom. The maximum absolute atomic E-state index is 12.5. The summed E-state index contributed by atoms with van der Waals surface area (Å²) in [7, 11) is 1.49. The molecule has 10 heteroatoms. The Morgan fingerprint density at radius 1 is 0.574 bits per heavy atom. The van der Waals surface area contributed by atoms with Gasteiger partial charge in [0.25, 0.3) is 0 Å². The molecule has 2 atom stereocenters. The second-order valence-corrected chi connectivity index (χ2v) is 15.8. The lowest BCUT2D eigenvalue weighted by molar-refractivity contribution is -0.870. The van der Waals surface area contributed by atoms with Crippen LogP contribution in [0.15, 0.2) is 0 Å². The van der Waals surface area contributed by atoms with Gasteiger partial charge in [-0.25, -0.2) is 4.57 Å². The van der Waals surface area contributed by atoms with E-state index in [1.807, 2.05) is 21.1 Å². The molecule has 0 aromatic carbocycles.